The fourth-order valence-electron chi connectivity index (χ4n) is 5.07. The summed E-state index contributed by atoms with van der Waals surface area (Å²) in [5.74, 6) is -0.122. The molecule has 0 fully saturated rings. The summed E-state index contributed by atoms with van der Waals surface area (Å²) < 4.78 is 0. The number of nitrogens with zero attached hydrogens (tertiary/aromatic N) is 4. The Morgan fingerprint density at radius 1 is 0.846 bits per heavy atom. The summed E-state index contributed by atoms with van der Waals surface area (Å²) in [4.78, 5) is 19.3. The zero-order valence-corrected chi connectivity index (χ0v) is 24.3. The molecule has 0 N–H and O–H groups in total. The van der Waals surface area contributed by atoms with Gasteiger partial charge in [0.2, 0.25) is 0 Å². The van der Waals surface area contributed by atoms with Gasteiger partial charge in [0.1, 0.15) is 0 Å². The molecule has 5 nitrogen and oxygen atoms in total. The second-order valence-corrected chi connectivity index (χ2v) is 10.6. The molecule has 1 aliphatic rings. The van der Waals surface area contributed by atoms with Crippen LogP contribution in [-0.4, -0.2) is 24.8 Å². The zero-order valence-electron chi connectivity index (χ0n) is 24.3. The minimum absolute atomic E-state index is 0.139. The lowest BCUT2D eigenvalue weighted by Gasteiger charge is -2.26. The maximum absolute atomic E-state index is 13.2. The smallest absolute Gasteiger partial charge is 0.307 e. The Labute approximate surface area is 236 Å². The lowest BCUT2D eigenvalue weighted by Crippen LogP contribution is -2.26. The molecule has 1 heterocycles. The van der Waals surface area contributed by atoms with Gasteiger partial charge in [-0.1, -0.05) is 115 Å². The van der Waals surface area contributed by atoms with Gasteiger partial charge in [-0.25, -0.2) is 0 Å². The molecule has 0 saturated heterocycles. The average Bonchev–Trinajstić information content (AvgIpc) is 3.27. The molecule has 3 rings (SSSR count). The van der Waals surface area contributed by atoms with Crippen molar-refractivity contribution >= 4 is 29.2 Å². The molecule has 1 aliphatic heterocycles. The molecule has 0 unspecified atom stereocenters. The second kappa shape index (κ2) is 16.5. The molecule has 0 saturated carbocycles. The Kier molecular flexibility index (Phi) is 12.8. The van der Waals surface area contributed by atoms with Gasteiger partial charge in [0.25, 0.3) is 5.91 Å². The van der Waals surface area contributed by atoms with Crippen LogP contribution in [0.25, 0.3) is 10.9 Å². The van der Waals surface area contributed by atoms with Crippen molar-refractivity contribution in [2.75, 3.05) is 23.0 Å². The van der Waals surface area contributed by atoms with Gasteiger partial charge in [-0.2, -0.15) is 0 Å². The van der Waals surface area contributed by atoms with Crippen LogP contribution in [0.5, 0.6) is 0 Å². The van der Waals surface area contributed by atoms with Crippen LogP contribution >= 0.6 is 0 Å². The number of hydrogen-bond acceptors (Lipinski definition) is 3. The summed E-state index contributed by atoms with van der Waals surface area (Å²) in [6.45, 7) is 16.4. The number of benzene rings is 2. The Morgan fingerprint density at radius 3 is 2.00 bits per heavy atom. The maximum atomic E-state index is 13.2. The number of amides is 1. The SMILES string of the molecule is [C-]#[N+]C1=NN(c2ccccc2)C(=O)/C1=C\c1ccc(N(CCCCCCCC)CCCCCCCC)cc1C. The molecule has 0 spiro atoms. The van der Waals surface area contributed by atoms with E-state index in [1.807, 2.05) is 36.4 Å². The molecule has 0 atom stereocenters. The van der Waals surface area contributed by atoms with E-state index < -0.39 is 0 Å². The summed E-state index contributed by atoms with van der Waals surface area (Å²) in [5, 5.41) is 5.63. The molecule has 5 heteroatoms. The molecular formula is C34H46N4O. The Balaban J connectivity index is 1.72. The molecule has 0 aromatic heterocycles. The van der Waals surface area contributed by atoms with Crippen molar-refractivity contribution in [3.05, 3.63) is 76.6 Å². The molecule has 208 valence electrons. The topological polar surface area (TPSA) is 40.3 Å². The average molecular weight is 527 g/mol. The van der Waals surface area contributed by atoms with Crippen LogP contribution in [0, 0.1) is 13.5 Å². The fraction of sp³-hybridized carbons (Fsp3) is 0.500. The highest BCUT2D eigenvalue weighted by Gasteiger charge is 2.34. The van der Waals surface area contributed by atoms with Gasteiger partial charge in [0.05, 0.1) is 11.3 Å². The van der Waals surface area contributed by atoms with E-state index >= 15 is 0 Å². The maximum Gasteiger partial charge on any atom is 0.307 e. The Morgan fingerprint density at radius 2 is 1.44 bits per heavy atom. The van der Waals surface area contributed by atoms with E-state index in [1.54, 1.807) is 0 Å². The van der Waals surface area contributed by atoms with E-state index in [-0.39, 0.29) is 11.7 Å². The highest BCUT2D eigenvalue weighted by molar-refractivity contribution is 6.34. The van der Waals surface area contributed by atoms with Gasteiger partial charge in [0.15, 0.2) is 0 Å². The third kappa shape index (κ3) is 9.10. The Bertz CT molecular complexity index is 1130. The lowest BCUT2D eigenvalue weighted by atomic mass is 10.0. The van der Waals surface area contributed by atoms with Crippen molar-refractivity contribution in [1.82, 2.24) is 0 Å². The minimum atomic E-state index is -0.261. The van der Waals surface area contributed by atoms with Crippen molar-refractivity contribution in [3.63, 3.8) is 0 Å². The van der Waals surface area contributed by atoms with Crippen molar-refractivity contribution in [2.45, 2.75) is 97.8 Å². The Hall–Kier alpha value is -3.39. The number of hydrogen-bond donors (Lipinski definition) is 0. The lowest BCUT2D eigenvalue weighted by molar-refractivity contribution is -0.114. The van der Waals surface area contributed by atoms with E-state index in [0.29, 0.717) is 11.3 Å². The predicted molar refractivity (Wildman–Crippen MR) is 166 cm³/mol. The zero-order chi connectivity index (χ0) is 27.9. The van der Waals surface area contributed by atoms with Crippen LogP contribution in [0.15, 0.2) is 59.2 Å². The molecule has 0 aliphatic carbocycles. The molecule has 0 bridgehead atoms. The van der Waals surface area contributed by atoms with E-state index in [9.17, 15) is 4.79 Å². The number of amidine groups is 1. The van der Waals surface area contributed by atoms with Gasteiger partial charge in [-0.3, -0.25) is 4.79 Å². The van der Waals surface area contributed by atoms with Crippen LogP contribution in [0.1, 0.15) is 102 Å². The number of carbonyl (C=O) groups is 1. The highest BCUT2D eigenvalue weighted by atomic mass is 16.2. The molecule has 1 amide bonds. The molecular weight excluding hydrogens is 480 g/mol. The second-order valence-electron chi connectivity index (χ2n) is 10.6. The number of carbonyl (C=O) groups excluding carboxylic acids is 1. The third-order valence-corrected chi connectivity index (χ3v) is 7.45. The van der Waals surface area contributed by atoms with Crippen molar-refractivity contribution in [2.24, 2.45) is 5.10 Å². The molecule has 39 heavy (non-hydrogen) atoms. The normalized spacial score (nSPS) is 14.1. The van der Waals surface area contributed by atoms with Crippen molar-refractivity contribution in [3.8, 4) is 0 Å². The number of para-hydroxylation sites is 1. The van der Waals surface area contributed by atoms with Gasteiger partial charge in [-0.15, -0.1) is 5.01 Å². The van der Waals surface area contributed by atoms with Gasteiger partial charge >= 0.3 is 5.84 Å². The first-order valence-electron chi connectivity index (χ1n) is 15.0. The number of aryl methyl sites for hydroxylation is 1. The number of anilines is 2. The van der Waals surface area contributed by atoms with Gasteiger partial charge < -0.3 is 9.74 Å². The summed E-state index contributed by atoms with van der Waals surface area (Å²) in [6, 6.07) is 15.8. The minimum Gasteiger partial charge on any atom is -0.372 e. The predicted octanol–water partition coefficient (Wildman–Crippen LogP) is 9.19. The third-order valence-electron chi connectivity index (χ3n) is 7.45. The standard InChI is InChI=1S/C34H46N4O/c1-5-7-9-11-13-18-24-37(25-19-14-12-10-8-6-2)31-23-22-29(28(3)26-31)27-32-33(35-4)36-38(34(32)39)30-20-16-15-17-21-30/h15-17,20-23,26-27H,5-14,18-19,24-25H2,1-3H3/b32-27-. The number of rotatable bonds is 17. The summed E-state index contributed by atoms with van der Waals surface area (Å²) in [6.07, 6.45) is 17.4. The largest absolute Gasteiger partial charge is 0.372 e. The monoisotopic (exact) mass is 526 g/mol. The molecule has 0 radical (unpaired) electrons. The first-order chi connectivity index (χ1) is 19.1. The fourth-order valence-corrected chi connectivity index (χ4v) is 5.07. The van der Waals surface area contributed by atoms with E-state index in [1.165, 1.54) is 87.7 Å². The number of hydrazone groups is 1. The van der Waals surface area contributed by atoms with Crippen LogP contribution < -0.4 is 9.91 Å². The first kappa shape index (κ1) is 30.2. The van der Waals surface area contributed by atoms with E-state index in [4.69, 9.17) is 6.57 Å². The van der Waals surface area contributed by atoms with E-state index in [2.05, 4.69) is 53.8 Å². The van der Waals surface area contributed by atoms with Crippen molar-refractivity contribution in [1.29, 1.82) is 0 Å². The summed E-state index contributed by atoms with van der Waals surface area (Å²) in [5.41, 5.74) is 4.32. The molecule has 2 aromatic carbocycles. The van der Waals surface area contributed by atoms with Crippen LogP contribution in [-0.2, 0) is 4.79 Å². The summed E-state index contributed by atoms with van der Waals surface area (Å²) in [7, 11) is 0. The first-order valence-corrected chi connectivity index (χ1v) is 15.0. The van der Waals surface area contributed by atoms with Crippen LogP contribution in [0.3, 0.4) is 0 Å². The number of unbranched alkanes of at least 4 members (excludes halogenated alkanes) is 10. The van der Waals surface area contributed by atoms with Crippen molar-refractivity contribution < 1.29 is 4.79 Å². The summed E-state index contributed by atoms with van der Waals surface area (Å²) >= 11 is 0. The quantitative estimate of drug-likeness (QED) is 0.117. The van der Waals surface area contributed by atoms with Gasteiger partial charge in [-0.05, 0) is 60.3 Å². The van der Waals surface area contributed by atoms with Gasteiger partial charge in [0, 0.05) is 18.8 Å². The molecule has 2 aromatic rings. The van der Waals surface area contributed by atoms with E-state index in [0.717, 1.165) is 24.2 Å². The highest BCUT2D eigenvalue weighted by Crippen LogP contribution is 2.28. The van der Waals surface area contributed by atoms with Crippen LogP contribution in [0.4, 0.5) is 11.4 Å². The van der Waals surface area contributed by atoms with Crippen LogP contribution in [0.2, 0.25) is 0 Å².